The van der Waals surface area contributed by atoms with Crippen LogP contribution in [-0.2, 0) is 16.1 Å². The molecule has 0 unspecified atom stereocenters. The van der Waals surface area contributed by atoms with Gasteiger partial charge in [0, 0.05) is 6.20 Å². The lowest BCUT2D eigenvalue weighted by atomic mass is 10.2. The molecule has 0 aliphatic carbocycles. The highest BCUT2D eigenvalue weighted by Gasteiger charge is 2.13. The van der Waals surface area contributed by atoms with Gasteiger partial charge >= 0.3 is 5.97 Å². The summed E-state index contributed by atoms with van der Waals surface area (Å²) in [5, 5.41) is 0. The summed E-state index contributed by atoms with van der Waals surface area (Å²) >= 11 is 0. The predicted octanol–water partition coefficient (Wildman–Crippen LogP) is 4.57. The number of rotatable bonds is 10. The van der Waals surface area contributed by atoms with Crippen LogP contribution in [0.2, 0.25) is 0 Å². The van der Waals surface area contributed by atoms with E-state index >= 15 is 0 Å². The maximum absolute atomic E-state index is 12.1. The maximum atomic E-state index is 12.1. The Labute approximate surface area is 149 Å². The fraction of sp³-hybridized carbons (Fsp3) is 0.333. The molecule has 0 aliphatic heterocycles. The van der Waals surface area contributed by atoms with Crippen LogP contribution in [0.15, 0.2) is 66.9 Å². The fourth-order valence-electron chi connectivity index (χ4n) is 2.32. The average molecular weight is 339 g/mol. The van der Waals surface area contributed by atoms with Crippen molar-refractivity contribution in [1.29, 1.82) is 0 Å². The number of hydrogen-bond donors (Lipinski definition) is 0. The number of carbonyl (C=O) groups is 1. The quantitative estimate of drug-likeness (QED) is 0.361. The van der Waals surface area contributed by atoms with Crippen molar-refractivity contribution >= 4 is 5.97 Å². The monoisotopic (exact) mass is 339 g/mol. The van der Waals surface area contributed by atoms with Crippen LogP contribution in [0.1, 0.15) is 42.2 Å². The summed E-state index contributed by atoms with van der Waals surface area (Å²) < 4.78 is 11.2. The molecule has 0 spiro atoms. The number of ether oxygens (including phenoxy) is 2. The molecule has 0 aliphatic rings. The standard InChI is InChI=1S/C21H25NO3/c1-2-10-19(25-21(23)20-14-6-8-15-22-20)13-7-9-16-24-17-18-11-4-3-5-12-18/h3-8,11-15,19H,2,9-10,16-17H2,1H3/b13-7+/t19-/m0/s1. The third kappa shape index (κ3) is 7.31. The predicted molar refractivity (Wildman–Crippen MR) is 98.2 cm³/mol. The smallest absolute Gasteiger partial charge is 0.357 e. The van der Waals surface area contributed by atoms with Gasteiger partial charge in [-0.3, -0.25) is 0 Å². The SMILES string of the molecule is CCC[C@@H](/C=C/CCOCc1ccccc1)OC(=O)c1ccccn1. The first-order valence-electron chi connectivity index (χ1n) is 8.70. The molecule has 1 heterocycles. The van der Waals surface area contributed by atoms with Gasteiger partial charge in [0.15, 0.2) is 0 Å². The highest BCUT2D eigenvalue weighted by molar-refractivity contribution is 5.87. The van der Waals surface area contributed by atoms with Crippen LogP contribution in [0.3, 0.4) is 0 Å². The van der Waals surface area contributed by atoms with E-state index in [0.29, 0.717) is 18.9 Å². The number of aromatic nitrogens is 1. The zero-order chi connectivity index (χ0) is 17.7. The van der Waals surface area contributed by atoms with Crippen molar-refractivity contribution in [3.8, 4) is 0 Å². The van der Waals surface area contributed by atoms with Gasteiger partial charge in [0.1, 0.15) is 11.8 Å². The third-order valence-corrected chi connectivity index (χ3v) is 3.60. The minimum atomic E-state index is -0.385. The summed E-state index contributed by atoms with van der Waals surface area (Å²) in [4.78, 5) is 16.1. The van der Waals surface area contributed by atoms with Crippen molar-refractivity contribution in [2.45, 2.75) is 38.9 Å². The molecule has 0 fully saturated rings. The van der Waals surface area contributed by atoms with E-state index in [4.69, 9.17) is 9.47 Å². The second kappa shape index (κ2) is 11.2. The first kappa shape index (κ1) is 18.9. The summed E-state index contributed by atoms with van der Waals surface area (Å²) in [7, 11) is 0. The van der Waals surface area contributed by atoms with Gasteiger partial charge < -0.3 is 9.47 Å². The lowest BCUT2D eigenvalue weighted by Gasteiger charge is -2.13. The topological polar surface area (TPSA) is 48.4 Å². The molecule has 0 saturated heterocycles. The van der Waals surface area contributed by atoms with E-state index in [1.54, 1.807) is 24.4 Å². The molecular formula is C21H25NO3. The Hall–Kier alpha value is -2.46. The van der Waals surface area contributed by atoms with Crippen LogP contribution in [0.5, 0.6) is 0 Å². The molecule has 1 atom stereocenters. The van der Waals surface area contributed by atoms with Crippen LogP contribution in [0.25, 0.3) is 0 Å². The van der Waals surface area contributed by atoms with E-state index in [1.165, 1.54) is 5.56 Å². The molecule has 0 saturated carbocycles. The highest BCUT2D eigenvalue weighted by atomic mass is 16.5. The van der Waals surface area contributed by atoms with E-state index in [-0.39, 0.29) is 12.1 Å². The summed E-state index contributed by atoms with van der Waals surface area (Å²) in [5.74, 6) is -0.385. The molecular weight excluding hydrogens is 314 g/mol. The number of esters is 1. The minimum absolute atomic E-state index is 0.228. The fourth-order valence-corrected chi connectivity index (χ4v) is 2.32. The lowest BCUT2D eigenvalue weighted by molar-refractivity contribution is 0.0371. The van der Waals surface area contributed by atoms with Crippen molar-refractivity contribution in [3.05, 3.63) is 78.1 Å². The Morgan fingerprint density at radius 3 is 2.68 bits per heavy atom. The summed E-state index contributed by atoms with van der Waals surface area (Å²) in [6, 6.07) is 15.3. The average Bonchev–Trinajstić information content (AvgIpc) is 2.66. The second-order valence-electron chi connectivity index (χ2n) is 5.70. The van der Waals surface area contributed by atoms with E-state index in [1.807, 2.05) is 42.5 Å². The van der Waals surface area contributed by atoms with Gasteiger partial charge in [0.25, 0.3) is 0 Å². The molecule has 0 N–H and O–H groups in total. The molecule has 2 rings (SSSR count). The lowest BCUT2D eigenvalue weighted by Crippen LogP contribution is -2.17. The van der Waals surface area contributed by atoms with Gasteiger partial charge in [-0.25, -0.2) is 9.78 Å². The van der Waals surface area contributed by atoms with Gasteiger partial charge in [-0.1, -0.05) is 55.8 Å². The van der Waals surface area contributed by atoms with Gasteiger partial charge in [0.05, 0.1) is 13.2 Å². The van der Waals surface area contributed by atoms with E-state index in [9.17, 15) is 4.79 Å². The Bertz CT molecular complexity index is 641. The Kier molecular flexibility index (Phi) is 8.42. The van der Waals surface area contributed by atoms with Crippen LogP contribution < -0.4 is 0 Å². The number of nitrogens with zero attached hydrogens (tertiary/aromatic N) is 1. The Balaban J connectivity index is 1.72. The van der Waals surface area contributed by atoms with Crippen molar-refractivity contribution < 1.29 is 14.3 Å². The molecule has 1 aromatic heterocycles. The van der Waals surface area contributed by atoms with Crippen molar-refractivity contribution in [1.82, 2.24) is 4.98 Å². The van der Waals surface area contributed by atoms with Crippen molar-refractivity contribution in [3.63, 3.8) is 0 Å². The second-order valence-corrected chi connectivity index (χ2v) is 5.70. The number of pyridine rings is 1. The number of benzene rings is 1. The Morgan fingerprint density at radius 2 is 1.96 bits per heavy atom. The van der Waals surface area contributed by atoms with Crippen LogP contribution in [-0.4, -0.2) is 23.7 Å². The molecule has 0 bridgehead atoms. The van der Waals surface area contributed by atoms with E-state index < -0.39 is 0 Å². The van der Waals surface area contributed by atoms with Crippen LogP contribution >= 0.6 is 0 Å². The molecule has 0 amide bonds. The van der Waals surface area contributed by atoms with E-state index in [0.717, 1.165) is 19.3 Å². The molecule has 4 nitrogen and oxygen atoms in total. The van der Waals surface area contributed by atoms with Crippen LogP contribution in [0, 0.1) is 0 Å². The zero-order valence-electron chi connectivity index (χ0n) is 14.6. The molecule has 4 heteroatoms. The maximum Gasteiger partial charge on any atom is 0.357 e. The van der Waals surface area contributed by atoms with Gasteiger partial charge in [-0.05, 0) is 36.6 Å². The highest BCUT2D eigenvalue weighted by Crippen LogP contribution is 2.09. The first-order chi connectivity index (χ1) is 12.3. The molecule has 132 valence electrons. The molecule has 25 heavy (non-hydrogen) atoms. The van der Waals surface area contributed by atoms with Gasteiger partial charge in [0.2, 0.25) is 0 Å². The van der Waals surface area contributed by atoms with E-state index in [2.05, 4.69) is 11.9 Å². The van der Waals surface area contributed by atoms with Crippen LogP contribution in [0.4, 0.5) is 0 Å². The van der Waals surface area contributed by atoms with Gasteiger partial charge in [-0.2, -0.15) is 0 Å². The van der Waals surface area contributed by atoms with Crippen molar-refractivity contribution in [2.24, 2.45) is 0 Å². The van der Waals surface area contributed by atoms with Crippen molar-refractivity contribution in [2.75, 3.05) is 6.61 Å². The number of hydrogen-bond acceptors (Lipinski definition) is 4. The molecule has 1 aromatic carbocycles. The summed E-state index contributed by atoms with van der Waals surface area (Å²) in [5.41, 5.74) is 1.50. The normalized spacial score (nSPS) is 12.2. The Morgan fingerprint density at radius 1 is 1.16 bits per heavy atom. The molecule has 2 aromatic rings. The number of carbonyl (C=O) groups excluding carboxylic acids is 1. The third-order valence-electron chi connectivity index (χ3n) is 3.60. The van der Waals surface area contributed by atoms with Gasteiger partial charge in [-0.15, -0.1) is 0 Å². The minimum Gasteiger partial charge on any atom is -0.453 e. The zero-order valence-corrected chi connectivity index (χ0v) is 14.6. The molecule has 0 radical (unpaired) electrons. The summed E-state index contributed by atoms with van der Waals surface area (Å²) in [6.07, 6.45) is 7.83. The largest absolute Gasteiger partial charge is 0.453 e. The summed E-state index contributed by atoms with van der Waals surface area (Å²) in [6.45, 7) is 3.32. The first-order valence-corrected chi connectivity index (χ1v) is 8.70.